The van der Waals surface area contributed by atoms with Crippen LogP contribution in [-0.4, -0.2) is 56.6 Å². The van der Waals surface area contributed by atoms with Gasteiger partial charge < -0.3 is 25.6 Å². The number of nitrogens with zero attached hydrogens (tertiary/aromatic N) is 2. The van der Waals surface area contributed by atoms with Gasteiger partial charge in [-0.1, -0.05) is 0 Å². The number of carboxylic acids is 1. The quantitative estimate of drug-likeness (QED) is 0.198. The molecule has 12 nitrogen and oxygen atoms in total. The van der Waals surface area contributed by atoms with E-state index in [1.54, 1.807) is 6.20 Å². The average molecular weight is 422 g/mol. The van der Waals surface area contributed by atoms with E-state index in [1.165, 1.54) is 13.3 Å². The Kier molecular flexibility index (Phi) is 11.2. The fourth-order valence-corrected chi connectivity index (χ4v) is 2.22. The predicted molar refractivity (Wildman–Crippen MR) is 98.1 cm³/mol. The molecular formula is C15H24ClN5O7. The van der Waals surface area contributed by atoms with Crippen molar-refractivity contribution < 1.29 is 29.4 Å². The van der Waals surface area contributed by atoms with Crippen molar-refractivity contribution >= 4 is 30.2 Å². The van der Waals surface area contributed by atoms with Gasteiger partial charge in [-0.2, -0.15) is 0 Å². The van der Waals surface area contributed by atoms with Crippen LogP contribution in [0.25, 0.3) is 0 Å². The van der Waals surface area contributed by atoms with Crippen LogP contribution in [0.2, 0.25) is 0 Å². The highest BCUT2D eigenvalue weighted by Gasteiger charge is 2.35. The molecule has 0 aromatic carbocycles. The molecule has 0 unspecified atom stereocenters. The molecule has 0 spiro atoms. The molecule has 158 valence electrons. The van der Waals surface area contributed by atoms with Crippen LogP contribution >= 0.6 is 12.4 Å². The largest absolute Gasteiger partial charge is 0.480 e. The number of imidazole rings is 1. The van der Waals surface area contributed by atoms with Crippen molar-refractivity contribution in [1.82, 2.24) is 20.6 Å². The number of halogens is 1. The number of carbonyl (C=O) groups excluding carboxylic acids is 2. The highest BCUT2D eigenvalue weighted by atomic mass is 35.5. The van der Waals surface area contributed by atoms with Crippen LogP contribution in [0, 0.1) is 10.1 Å². The van der Waals surface area contributed by atoms with Crippen LogP contribution in [0.15, 0.2) is 12.5 Å². The van der Waals surface area contributed by atoms with Crippen LogP contribution in [0.5, 0.6) is 0 Å². The molecule has 1 aromatic rings. The number of rotatable bonds is 13. The molecule has 13 heteroatoms. The fraction of sp³-hybridized carbons (Fsp3) is 0.600. The maximum absolute atomic E-state index is 12.0. The molecule has 0 aliphatic rings. The minimum atomic E-state index is -1.52. The minimum Gasteiger partial charge on any atom is -0.480 e. The van der Waals surface area contributed by atoms with E-state index in [9.17, 15) is 29.6 Å². The van der Waals surface area contributed by atoms with E-state index in [4.69, 9.17) is 0 Å². The Hall–Kier alpha value is -2.89. The first kappa shape index (κ1) is 25.1. The van der Waals surface area contributed by atoms with Crippen molar-refractivity contribution in [2.75, 3.05) is 13.2 Å². The summed E-state index contributed by atoms with van der Waals surface area (Å²) in [5.41, 5.74) is -1.03. The number of amides is 2. The van der Waals surface area contributed by atoms with Crippen LogP contribution < -0.4 is 10.6 Å². The highest BCUT2D eigenvalue weighted by Crippen LogP contribution is 2.12. The summed E-state index contributed by atoms with van der Waals surface area (Å²) in [6, 6.07) is 0. The van der Waals surface area contributed by atoms with Crippen molar-refractivity contribution in [3.8, 4) is 0 Å². The molecule has 1 atom stereocenters. The number of hydrogen-bond acceptors (Lipinski definition) is 7. The van der Waals surface area contributed by atoms with E-state index in [2.05, 4.69) is 25.4 Å². The first-order chi connectivity index (χ1) is 12.7. The SMILES string of the molecule is C[C@@](Cc1c[nH]cn1)(NC(=O)CCNC(=O)CCCCO[N+](=O)[O-])C(=O)O.Cl. The van der Waals surface area contributed by atoms with Crippen LogP contribution in [0.1, 0.15) is 38.3 Å². The van der Waals surface area contributed by atoms with Crippen molar-refractivity contribution in [2.45, 2.75) is 44.6 Å². The number of unbranched alkanes of at least 4 members (excludes halogenated alkanes) is 1. The van der Waals surface area contributed by atoms with E-state index in [0.717, 1.165) is 0 Å². The smallest absolute Gasteiger partial charge is 0.329 e. The lowest BCUT2D eigenvalue weighted by atomic mass is 9.96. The summed E-state index contributed by atoms with van der Waals surface area (Å²) < 4.78 is 0. The highest BCUT2D eigenvalue weighted by molar-refractivity contribution is 5.87. The summed E-state index contributed by atoms with van der Waals surface area (Å²) >= 11 is 0. The monoisotopic (exact) mass is 421 g/mol. The van der Waals surface area contributed by atoms with Gasteiger partial charge in [-0.15, -0.1) is 22.5 Å². The van der Waals surface area contributed by atoms with E-state index in [-0.39, 0.29) is 50.7 Å². The van der Waals surface area contributed by atoms with Crippen molar-refractivity contribution in [2.24, 2.45) is 0 Å². The Morgan fingerprint density at radius 2 is 2.04 bits per heavy atom. The topological polar surface area (TPSA) is 177 Å². The molecule has 4 N–H and O–H groups in total. The first-order valence-electron chi connectivity index (χ1n) is 8.29. The zero-order valence-electron chi connectivity index (χ0n) is 15.3. The number of aromatic amines is 1. The summed E-state index contributed by atoms with van der Waals surface area (Å²) in [4.78, 5) is 55.9. The summed E-state index contributed by atoms with van der Waals surface area (Å²) in [6.45, 7) is 1.36. The molecule has 28 heavy (non-hydrogen) atoms. The van der Waals surface area contributed by atoms with Crippen molar-refractivity contribution in [3.05, 3.63) is 28.3 Å². The summed E-state index contributed by atoms with van der Waals surface area (Å²) in [5.74, 6) is -2.02. The maximum Gasteiger partial charge on any atom is 0.329 e. The molecule has 1 heterocycles. The summed E-state index contributed by atoms with van der Waals surface area (Å²) in [5, 5.41) is 23.4. The molecule has 0 aliphatic heterocycles. The van der Waals surface area contributed by atoms with Crippen LogP contribution in [0.4, 0.5) is 0 Å². The number of carboxylic acid groups (broad SMARTS) is 1. The van der Waals surface area contributed by atoms with Gasteiger partial charge >= 0.3 is 5.97 Å². The molecule has 1 aromatic heterocycles. The second-order valence-corrected chi connectivity index (χ2v) is 6.04. The molecular weight excluding hydrogens is 398 g/mol. The number of H-pyrrole nitrogens is 1. The minimum absolute atomic E-state index is 0. The second kappa shape index (κ2) is 12.5. The fourth-order valence-electron chi connectivity index (χ4n) is 2.22. The Bertz CT molecular complexity index is 655. The molecule has 0 bridgehead atoms. The van der Waals surface area contributed by atoms with Crippen LogP contribution in [-0.2, 0) is 25.6 Å². The number of aliphatic carboxylic acids is 1. The number of carbonyl (C=O) groups is 3. The molecule has 0 radical (unpaired) electrons. The third-order valence-corrected chi connectivity index (χ3v) is 3.65. The number of aromatic nitrogens is 2. The zero-order valence-corrected chi connectivity index (χ0v) is 16.1. The van der Waals surface area contributed by atoms with E-state index < -0.39 is 22.5 Å². The summed E-state index contributed by atoms with van der Waals surface area (Å²) in [7, 11) is 0. The van der Waals surface area contributed by atoms with E-state index >= 15 is 0 Å². The molecule has 2 amide bonds. The van der Waals surface area contributed by atoms with E-state index in [0.29, 0.717) is 18.5 Å². The Balaban J connectivity index is 0.00000729. The predicted octanol–water partition coefficient (Wildman–Crippen LogP) is 0.218. The van der Waals surface area contributed by atoms with Gasteiger partial charge in [0.25, 0.3) is 5.09 Å². The Morgan fingerprint density at radius 3 is 2.61 bits per heavy atom. The van der Waals surface area contributed by atoms with Gasteiger partial charge in [-0.05, 0) is 19.8 Å². The van der Waals surface area contributed by atoms with Gasteiger partial charge in [-0.3, -0.25) is 9.59 Å². The second-order valence-electron chi connectivity index (χ2n) is 6.04. The number of hydrogen-bond donors (Lipinski definition) is 4. The van der Waals surface area contributed by atoms with Crippen molar-refractivity contribution in [3.63, 3.8) is 0 Å². The lowest BCUT2D eigenvalue weighted by Gasteiger charge is -2.25. The number of nitrogens with one attached hydrogen (secondary N) is 3. The normalized spacial score (nSPS) is 12.2. The molecule has 0 fully saturated rings. The van der Waals surface area contributed by atoms with Gasteiger partial charge in [0.2, 0.25) is 11.8 Å². The maximum atomic E-state index is 12.0. The third kappa shape index (κ3) is 9.71. The van der Waals surface area contributed by atoms with Gasteiger partial charge in [0.1, 0.15) is 5.54 Å². The average Bonchev–Trinajstić information content (AvgIpc) is 3.06. The first-order valence-corrected chi connectivity index (χ1v) is 8.29. The molecule has 1 rings (SSSR count). The third-order valence-electron chi connectivity index (χ3n) is 3.65. The lowest BCUT2D eigenvalue weighted by molar-refractivity contribution is -0.757. The molecule has 0 saturated carbocycles. The standard InChI is InChI=1S/C15H23N5O7.ClH/c1-15(14(23)24,8-11-9-16-10-18-11)19-13(22)5-6-17-12(21)4-2-3-7-27-20(25)26;/h9-10H,2-8H2,1H3,(H,16,18)(H,17,21)(H,19,22)(H,23,24);1H/t15-;/m0./s1. The van der Waals surface area contributed by atoms with Gasteiger partial charge in [0, 0.05) is 32.0 Å². The zero-order chi connectivity index (χ0) is 20.3. The van der Waals surface area contributed by atoms with E-state index in [1.807, 2.05) is 0 Å². The molecule has 0 saturated heterocycles. The summed E-state index contributed by atoms with van der Waals surface area (Å²) in [6.07, 6.45) is 3.80. The van der Waals surface area contributed by atoms with Gasteiger partial charge in [0.15, 0.2) is 0 Å². The Labute approximate surface area is 166 Å². The Morgan fingerprint density at radius 1 is 1.32 bits per heavy atom. The molecule has 0 aliphatic carbocycles. The van der Waals surface area contributed by atoms with Crippen molar-refractivity contribution in [1.29, 1.82) is 0 Å². The lowest BCUT2D eigenvalue weighted by Crippen LogP contribution is -2.54. The van der Waals surface area contributed by atoms with Crippen LogP contribution in [0.3, 0.4) is 0 Å². The van der Waals surface area contributed by atoms with Gasteiger partial charge in [-0.25, -0.2) is 9.78 Å². The van der Waals surface area contributed by atoms with Gasteiger partial charge in [0.05, 0.1) is 18.6 Å².